The standard InChI is InChI=1S/C36H21NO2/c1-4-10-30-28(9-1)35-31(19-18-27-25-7-2-6-12-33(25)39-36(27)35)37(30)24-16-13-22(14-17-24)23-15-20-34-29(21-23)26-8-3-5-11-32(26)38-34/h1-21H. The Morgan fingerprint density at radius 3 is 1.87 bits per heavy atom. The van der Waals surface area contributed by atoms with Crippen LogP contribution in [0.3, 0.4) is 0 Å². The maximum Gasteiger partial charge on any atom is 0.145 e. The van der Waals surface area contributed by atoms with E-state index in [0.717, 1.165) is 60.5 Å². The van der Waals surface area contributed by atoms with Crippen molar-refractivity contribution in [2.75, 3.05) is 0 Å². The molecule has 3 aromatic heterocycles. The predicted molar refractivity (Wildman–Crippen MR) is 161 cm³/mol. The number of para-hydroxylation sites is 3. The van der Waals surface area contributed by atoms with E-state index in [1.54, 1.807) is 0 Å². The summed E-state index contributed by atoms with van der Waals surface area (Å²) in [7, 11) is 0. The molecule has 182 valence electrons. The van der Waals surface area contributed by atoms with Gasteiger partial charge in [-0.15, -0.1) is 0 Å². The Morgan fingerprint density at radius 1 is 0.410 bits per heavy atom. The van der Waals surface area contributed by atoms with Crippen LogP contribution in [0.5, 0.6) is 0 Å². The number of rotatable bonds is 2. The molecule has 0 amide bonds. The van der Waals surface area contributed by atoms with Crippen molar-refractivity contribution in [2.45, 2.75) is 0 Å². The van der Waals surface area contributed by atoms with Gasteiger partial charge in [-0.1, -0.05) is 72.8 Å². The van der Waals surface area contributed by atoms with E-state index < -0.39 is 0 Å². The zero-order valence-corrected chi connectivity index (χ0v) is 20.9. The lowest BCUT2D eigenvalue weighted by Crippen LogP contribution is -1.93. The molecule has 3 nitrogen and oxygen atoms in total. The molecule has 0 unspecified atom stereocenters. The van der Waals surface area contributed by atoms with Crippen LogP contribution in [0.1, 0.15) is 0 Å². The summed E-state index contributed by atoms with van der Waals surface area (Å²) in [4.78, 5) is 0. The van der Waals surface area contributed by atoms with Gasteiger partial charge in [0, 0.05) is 32.6 Å². The first kappa shape index (κ1) is 20.7. The summed E-state index contributed by atoms with van der Waals surface area (Å²) >= 11 is 0. The SMILES string of the molecule is c1ccc2c(c1)oc1ccc(-c3ccc(-n4c5ccccc5c5c6oc7ccccc7c6ccc54)cc3)cc12. The second-order valence-corrected chi connectivity index (χ2v) is 10.1. The summed E-state index contributed by atoms with van der Waals surface area (Å²) < 4.78 is 14.8. The highest BCUT2D eigenvalue weighted by Crippen LogP contribution is 2.40. The van der Waals surface area contributed by atoms with Gasteiger partial charge >= 0.3 is 0 Å². The summed E-state index contributed by atoms with van der Waals surface area (Å²) in [6, 6.07) is 44.8. The molecule has 0 saturated carbocycles. The van der Waals surface area contributed by atoms with Crippen LogP contribution in [0.15, 0.2) is 136 Å². The maximum absolute atomic E-state index is 6.44. The van der Waals surface area contributed by atoms with Crippen molar-refractivity contribution in [3.05, 3.63) is 127 Å². The molecule has 0 fully saturated rings. The molecule has 9 aromatic rings. The van der Waals surface area contributed by atoms with Crippen molar-refractivity contribution in [1.82, 2.24) is 4.57 Å². The van der Waals surface area contributed by atoms with Crippen molar-refractivity contribution in [3.63, 3.8) is 0 Å². The molecule has 0 spiro atoms. The fourth-order valence-electron chi connectivity index (χ4n) is 6.22. The molecule has 0 bridgehead atoms. The number of nitrogens with zero attached hydrogens (tertiary/aromatic N) is 1. The number of hydrogen-bond acceptors (Lipinski definition) is 2. The number of hydrogen-bond donors (Lipinski definition) is 0. The zero-order chi connectivity index (χ0) is 25.5. The third kappa shape index (κ3) is 2.87. The fourth-order valence-corrected chi connectivity index (χ4v) is 6.22. The average Bonchev–Trinajstić information content (AvgIpc) is 3.66. The van der Waals surface area contributed by atoms with E-state index in [-0.39, 0.29) is 0 Å². The predicted octanol–water partition coefficient (Wildman–Crippen LogP) is 10.2. The van der Waals surface area contributed by atoms with Crippen molar-refractivity contribution in [1.29, 1.82) is 0 Å². The monoisotopic (exact) mass is 499 g/mol. The van der Waals surface area contributed by atoms with Crippen molar-refractivity contribution in [3.8, 4) is 16.8 Å². The van der Waals surface area contributed by atoms with E-state index in [4.69, 9.17) is 8.83 Å². The number of aromatic nitrogens is 1. The van der Waals surface area contributed by atoms with E-state index in [0.29, 0.717) is 0 Å². The van der Waals surface area contributed by atoms with Crippen LogP contribution >= 0.6 is 0 Å². The minimum absolute atomic E-state index is 0.916. The third-order valence-electron chi connectivity index (χ3n) is 8.02. The van der Waals surface area contributed by atoms with E-state index in [1.807, 2.05) is 24.3 Å². The first-order valence-electron chi connectivity index (χ1n) is 13.2. The van der Waals surface area contributed by atoms with Crippen molar-refractivity contribution in [2.24, 2.45) is 0 Å². The van der Waals surface area contributed by atoms with Crippen LogP contribution in [0.4, 0.5) is 0 Å². The normalized spacial score (nSPS) is 12.1. The molecule has 0 aliphatic carbocycles. The van der Waals surface area contributed by atoms with E-state index in [1.165, 1.54) is 22.0 Å². The molecular formula is C36H21NO2. The van der Waals surface area contributed by atoms with Gasteiger partial charge < -0.3 is 13.4 Å². The lowest BCUT2D eigenvalue weighted by molar-refractivity contribution is 0.669. The van der Waals surface area contributed by atoms with Gasteiger partial charge in [0.1, 0.15) is 22.3 Å². The summed E-state index contributed by atoms with van der Waals surface area (Å²) in [6.45, 7) is 0. The molecule has 0 radical (unpaired) electrons. The lowest BCUT2D eigenvalue weighted by atomic mass is 10.0. The minimum atomic E-state index is 0.916. The number of fused-ring (bicyclic) bond motifs is 10. The lowest BCUT2D eigenvalue weighted by Gasteiger charge is -2.09. The maximum atomic E-state index is 6.44. The second-order valence-electron chi connectivity index (χ2n) is 10.1. The first-order chi connectivity index (χ1) is 19.3. The highest BCUT2D eigenvalue weighted by atomic mass is 16.3. The third-order valence-corrected chi connectivity index (χ3v) is 8.02. The molecule has 39 heavy (non-hydrogen) atoms. The van der Waals surface area contributed by atoms with Gasteiger partial charge in [0.25, 0.3) is 0 Å². The molecule has 0 aliphatic rings. The molecule has 9 rings (SSSR count). The Balaban J connectivity index is 1.24. The summed E-state index contributed by atoms with van der Waals surface area (Å²) in [5.74, 6) is 0. The van der Waals surface area contributed by atoms with Crippen LogP contribution in [0, 0.1) is 0 Å². The molecule has 6 aromatic carbocycles. The molecular weight excluding hydrogens is 478 g/mol. The van der Waals surface area contributed by atoms with Gasteiger partial charge in [-0.3, -0.25) is 0 Å². The van der Waals surface area contributed by atoms with Gasteiger partial charge in [0.15, 0.2) is 0 Å². The number of benzene rings is 6. The summed E-state index contributed by atoms with van der Waals surface area (Å²) in [5, 5.41) is 6.94. The van der Waals surface area contributed by atoms with Crippen LogP contribution < -0.4 is 0 Å². The Kier molecular flexibility index (Phi) is 4.05. The first-order valence-corrected chi connectivity index (χ1v) is 13.2. The summed E-state index contributed by atoms with van der Waals surface area (Å²) in [5.41, 5.74) is 9.47. The van der Waals surface area contributed by atoms with E-state index >= 15 is 0 Å². The molecule has 3 heteroatoms. The Morgan fingerprint density at radius 2 is 1.05 bits per heavy atom. The zero-order valence-electron chi connectivity index (χ0n) is 20.9. The van der Waals surface area contributed by atoms with Gasteiger partial charge in [0.2, 0.25) is 0 Å². The second kappa shape index (κ2) is 7.62. The van der Waals surface area contributed by atoms with Crippen molar-refractivity contribution >= 4 is 65.7 Å². The Bertz CT molecular complexity index is 2380. The molecule has 0 aliphatic heterocycles. The minimum Gasteiger partial charge on any atom is -0.456 e. The number of furan rings is 2. The quantitative estimate of drug-likeness (QED) is 0.237. The van der Waals surface area contributed by atoms with E-state index in [2.05, 4.69) is 108 Å². The summed E-state index contributed by atoms with van der Waals surface area (Å²) in [6.07, 6.45) is 0. The molecule has 0 saturated heterocycles. The van der Waals surface area contributed by atoms with Gasteiger partial charge in [-0.2, -0.15) is 0 Å². The highest BCUT2D eigenvalue weighted by Gasteiger charge is 2.18. The fraction of sp³-hybridized carbons (Fsp3) is 0. The van der Waals surface area contributed by atoms with Gasteiger partial charge in [0.05, 0.1) is 16.4 Å². The van der Waals surface area contributed by atoms with E-state index in [9.17, 15) is 0 Å². The molecule has 3 heterocycles. The smallest absolute Gasteiger partial charge is 0.145 e. The highest BCUT2D eigenvalue weighted by molar-refractivity contribution is 6.23. The molecule has 0 N–H and O–H groups in total. The topological polar surface area (TPSA) is 31.2 Å². The van der Waals surface area contributed by atoms with Crippen LogP contribution in [-0.4, -0.2) is 4.57 Å². The van der Waals surface area contributed by atoms with Gasteiger partial charge in [-0.05, 0) is 65.7 Å². The largest absolute Gasteiger partial charge is 0.456 e. The van der Waals surface area contributed by atoms with Crippen LogP contribution in [0.2, 0.25) is 0 Å². The molecule has 0 atom stereocenters. The van der Waals surface area contributed by atoms with Gasteiger partial charge in [-0.25, -0.2) is 0 Å². The van der Waals surface area contributed by atoms with Crippen LogP contribution in [0.25, 0.3) is 82.5 Å². The average molecular weight is 500 g/mol. The van der Waals surface area contributed by atoms with Crippen LogP contribution in [-0.2, 0) is 0 Å². The Labute approximate surface area is 223 Å². The Hall–Kier alpha value is -5.28. The van der Waals surface area contributed by atoms with Crippen molar-refractivity contribution < 1.29 is 8.83 Å².